The molecular weight excluding hydrogens is 334 g/mol. The van der Waals surface area contributed by atoms with Crippen molar-refractivity contribution in [2.24, 2.45) is 0 Å². The molecule has 0 atom stereocenters. The van der Waals surface area contributed by atoms with Crippen LogP contribution in [0.2, 0.25) is 0 Å². The molecule has 0 unspecified atom stereocenters. The Hall–Kier alpha value is 0.554. The summed E-state index contributed by atoms with van der Waals surface area (Å²) in [7, 11) is 1.00. The second-order valence-corrected chi connectivity index (χ2v) is 5.01. The van der Waals surface area contributed by atoms with Crippen LogP contribution in [0.5, 0.6) is 0 Å². The van der Waals surface area contributed by atoms with Crippen LogP contribution in [0.1, 0.15) is 80.1 Å². The zero-order chi connectivity index (χ0) is 18.6. The van der Waals surface area contributed by atoms with Crippen LogP contribution in [0.4, 0.5) is 0 Å². The summed E-state index contributed by atoms with van der Waals surface area (Å²) in [6.45, 7) is 19.2. The third-order valence-electron chi connectivity index (χ3n) is 2.29. The van der Waals surface area contributed by atoms with E-state index in [1.165, 1.54) is 38.5 Å². The summed E-state index contributed by atoms with van der Waals surface area (Å²) in [6.07, 6.45) is 7.17. The van der Waals surface area contributed by atoms with Gasteiger partial charge in [0.05, 0.1) is 0 Å². The van der Waals surface area contributed by atoms with Gasteiger partial charge in [-0.05, 0) is 0 Å². The van der Waals surface area contributed by atoms with E-state index in [4.69, 9.17) is 5.11 Å². The van der Waals surface area contributed by atoms with Crippen molar-refractivity contribution < 1.29 is 26.8 Å². The molecule has 5 heteroatoms. The molecule has 4 nitrogen and oxygen atoms in total. The van der Waals surface area contributed by atoms with Gasteiger partial charge in [0, 0.05) is 7.11 Å². The van der Waals surface area contributed by atoms with Crippen molar-refractivity contribution in [3.8, 4) is 0 Å². The number of rotatable bonds is 12. The summed E-state index contributed by atoms with van der Waals surface area (Å²) >= 11 is 0. The third kappa shape index (κ3) is 66.5. The summed E-state index contributed by atoms with van der Waals surface area (Å²) in [5.74, 6) is 0. The number of hydrogen-bond acceptors (Lipinski definition) is 1. The second-order valence-electron chi connectivity index (χ2n) is 5.01. The van der Waals surface area contributed by atoms with Gasteiger partial charge in [-0.25, -0.2) is 0 Å². The molecule has 0 spiro atoms. The van der Waals surface area contributed by atoms with Crippen molar-refractivity contribution in [2.45, 2.75) is 80.1 Å². The summed E-state index contributed by atoms with van der Waals surface area (Å²) in [5.41, 5.74) is 0. The first-order valence-corrected chi connectivity index (χ1v) is 9.59. The van der Waals surface area contributed by atoms with Gasteiger partial charge in [0.2, 0.25) is 0 Å². The first-order chi connectivity index (χ1) is 11.2. The number of hydrogen-bond donors (Lipinski definition) is 1. The maximum absolute atomic E-state index is 7.00. The first-order valence-electron chi connectivity index (χ1n) is 9.59. The van der Waals surface area contributed by atoms with E-state index in [9.17, 15) is 0 Å². The SMILES string of the molecule is CCC[N-]CCC.CCC[N-]CCC.CCC[N-]CCC.CO.[Ti+3]. The van der Waals surface area contributed by atoms with E-state index in [0.717, 1.165) is 46.4 Å². The first kappa shape index (κ1) is 35.6. The van der Waals surface area contributed by atoms with E-state index in [-0.39, 0.29) is 21.7 Å². The fourth-order valence-electron chi connectivity index (χ4n) is 1.28. The van der Waals surface area contributed by atoms with Crippen molar-refractivity contribution >= 4 is 0 Å². The average molecular weight is 380 g/mol. The maximum Gasteiger partial charge on any atom is 3.00 e. The third-order valence-corrected chi connectivity index (χ3v) is 2.29. The maximum atomic E-state index is 7.00. The Kier molecular flexibility index (Phi) is 73.5. The molecule has 0 amide bonds. The van der Waals surface area contributed by atoms with E-state index in [1.54, 1.807) is 0 Å². The Balaban J connectivity index is -0.0000000699. The average Bonchev–Trinajstić information content (AvgIpc) is 2.59. The Morgan fingerprint density at radius 2 is 0.542 bits per heavy atom. The van der Waals surface area contributed by atoms with Crippen molar-refractivity contribution in [1.29, 1.82) is 0 Å². The van der Waals surface area contributed by atoms with Gasteiger partial charge >= 0.3 is 21.7 Å². The minimum Gasteiger partial charge on any atom is -0.662 e. The van der Waals surface area contributed by atoms with Gasteiger partial charge in [-0.3, -0.25) is 0 Å². The van der Waals surface area contributed by atoms with Gasteiger partial charge in [-0.2, -0.15) is 0 Å². The number of nitrogens with zero attached hydrogens (tertiary/aromatic N) is 3. The largest absolute Gasteiger partial charge is 3.00 e. The van der Waals surface area contributed by atoms with E-state index in [0.29, 0.717) is 0 Å². The summed E-state index contributed by atoms with van der Waals surface area (Å²) in [5, 5.41) is 19.6. The van der Waals surface area contributed by atoms with Gasteiger partial charge in [0.25, 0.3) is 0 Å². The van der Waals surface area contributed by atoms with Crippen LogP contribution in [0, 0.1) is 0 Å². The Bertz CT molecular complexity index is 106. The molecule has 24 heavy (non-hydrogen) atoms. The van der Waals surface area contributed by atoms with E-state index in [2.05, 4.69) is 57.5 Å². The molecule has 0 saturated carbocycles. The molecule has 0 saturated heterocycles. The quantitative estimate of drug-likeness (QED) is 0.320. The Labute approximate surface area is 169 Å². The van der Waals surface area contributed by atoms with Crippen LogP contribution in [-0.2, 0) is 21.7 Å². The van der Waals surface area contributed by atoms with Gasteiger partial charge in [0.1, 0.15) is 0 Å². The van der Waals surface area contributed by atoms with Gasteiger partial charge in [-0.15, -0.1) is 39.3 Å². The van der Waals surface area contributed by atoms with Gasteiger partial charge < -0.3 is 21.1 Å². The monoisotopic (exact) mass is 380 g/mol. The topological polar surface area (TPSA) is 62.5 Å². The molecular formula is C19H46N3OTi. The minimum atomic E-state index is 0. The number of aliphatic hydroxyl groups is 1. The van der Waals surface area contributed by atoms with Crippen LogP contribution in [-0.4, -0.2) is 51.5 Å². The second kappa shape index (κ2) is 49.5. The van der Waals surface area contributed by atoms with Crippen LogP contribution in [0.25, 0.3) is 16.0 Å². The fourth-order valence-corrected chi connectivity index (χ4v) is 1.28. The summed E-state index contributed by atoms with van der Waals surface area (Å²) < 4.78 is 0. The predicted molar refractivity (Wildman–Crippen MR) is 109 cm³/mol. The molecule has 1 N–H and O–H groups in total. The van der Waals surface area contributed by atoms with Crippen LogP contribution in [0.3, 0.4) is 0 Å². The molecule has 0 aromatic rings. The summed E-state index contributed by atoms with van der Waals surface area (Å²) in [4.78, 5) is 0. The Morgan fingerprint density at radius 1 is 0.417 bits per heavy atom. The van der Waals surface area contributed by atoms with E-state index in [1.807, 2.05) is 0 Å². The number of aliphatic hydroxyl groups excluding tert-OH is 1. The summed E-state index contributed by atoms with van der Waals surface area (Å²) in [6, 6.07) is 0. The molecule has 147 valence electrons. The Morgan fingerprint density at radius 3 is 0.625 bits per heavy atom. The van der Waals surface area contributed by atoms with E-state index < -0.39 is 0 Å². The molecule has 0 fully saturated rings. The van der Waals surface area contributed by atoms with E-state index >= 15 is 0 Å². The molecule has 1 radical (unpaired) electrons. The minimum absolute atomic E-state index is 0. The molecule has 0 rings (SSSR count). The van der Waals surface area contributed by atoms with Crippen molar-refractivity contribution in [1.82, 2.24) is 0 Å². The predicted octanol–water partition coefficient (Wildman–Crippen LogP) is 6.15. The van der Waals surface area contributed by atoms with Crippen LogP contribution >= 0.6 is 0 Å². The van der Waals surface area contributed by atoms with Crippen molar-refractivity contribution in [3.63, 3.8) is 0 Å². The zero-order valence-electron chi connectivity index (χ0n) is 17.8. The molecule has 0 aromatic carbocycles. The fraction of sp³-hybridized carbons (Fsp3) is 1.00. The molecule has 0 bridgehead atoms. The molecule has 0 aliphatic rings. The van der Waals surface area contributed by atoms with Gasteiger partial charge in [-0.1, -0.05) is 80.1 Å². The smallest absolute Gasteiger partial charge is 0.662 e. The molecule has 0 aromatic heterocycles. The van der Waals surface area contributed by atoms with Crippen molar-refractivity contribution in [3.05, 3.63) is 16.0 Å². The van der Waals surface area contributed by atoms with Gasteiger partial charge in [0.15, 0.2) is 0 Å². The van der Waals surface area contributed by atoms with Crippen molar-refractivity contribution in [2.75, 3.05) is 46.4 Å². The normalized spacial score (nSPS) is 8.50. The van der Waals surface area contributed by atoms with Crippen LogP contribution in [0.15, 0.2) is 0 Å². The zero-order valence-corrected chi connectivity index (χ0v) is 19.3. The van der Waals surface area contributed by atoms with Crippen LogP contribution < -0.4 is 0 Å². The standard InChI is InChI=1S/3C6H14N.CH4O.Ti/c3*1-3-5-7-6-4-2;1-2;/h3*3-6H2,1-2H3;2H,1H3;/q3*-1;;+3. The molecule has 0 aliphatic carbocycles. The molecule has 0 heterocycles. The molecule has 0 aliphatic heterocycles.